The number of nitrogens with zero attached hydrogens (tertiary/aromatic N) is 1. The summed E-state index contributed by atoms with van der Waals surface area (Å²) in [5.74, 6) is -0.555. The molecule has 0 aliphatic carbocycles. The fourth-order valence-corrected chi connectivity index (χ4v) is 2.54. The van der Waals surface area contributed by atoms with E-state index in [-0.39, 0.29) is 23.0 Å². The number of aromatic carboxylic acids is 1. The molecule has 0 unspecified atom stereocenters. The molecule has 0 atom stereocenters. The molecule has 0 radical (unpaired) electrons. The van der Waals surface area contributed by atoms with Gasteiger partial charge in [-0.1, -0.05) is 18.2 Å². The fourth-order valence-electron chi connectivity index (χ4n) is 2.54. The molecule has 0 amide bonds. The molecule has 2 N–H and O–H groups in total. The minimum atomic E-state index is -1.13. The van der Waals surface area contributed by atoms with Crippen LogP contribution in [0.3, 0.4) is 0 Å². The van der Waals surface area contributed by atoms with Crippen molar-refractivity contribution in [2.75, 3.05) is 7.11 Å². The van der Waals surface area contributed by atoms with Crippen molar-refractivity contribution >= 4 is 16.9 Å². The minimum Gasteiger partial charge on any atom is -0.496 e. The molecular formula is C17H14N2O5. The molecule has 2 aromatic carbocycles. The van der Waals surface area contributed by atoms with Gasteiger partial charge >= 0.3 is 11.7 Å². The van der Waals surface area contributed by atoms with Crippen LogP contribution in [0, 0.1) is 0 Å². The van der Waals surface area contributed by atoms with E-state index in [9.17, 15) is 14.4 Å². The van der Waals surface area contributed by atoms with Gasteiger partial charge in [0.15, 0.2) is 0 Å². The predicted molar refractivity (Wildman–Crippen MR) is 87.9 cm³/mol. The Balaban J connectivity index is 2.16. The first kappa shape index (κ1) is 15.5. The quantitative estimate of drug-likeness (QED) is 0.755. The lowest BCUT2D eigenvalue weighted by atomic mass is 10.1. The highest BCUT2D eigenvalue weighted by molar-refractivity contribution is 5.92. The van der Waals surface area contributed by atoms with Crippen LogP contribution in [-0.2, 0) is 6.54 Å². The van der Waals surface area contributed by atoms with E-state index in [1.807, 2.05) is 0 Å². The lowest BCUT2D eigenvalue weighted by Crippen LogP contribution is -2.35. The first-order valence-electron chi connectivity index (χ1n) is 7.13. The SMILES string of the molecule is COc1ccccc1Cn1c(=O)[nH]c2cc(C(=O)O)ccc2c1=O. The number of aromatic amines is 1. The molecule has 0 aliphatic rings. The molecule has 3 aromatic rings. The van der Waals surface area contributed by atoms with Crippen LogP contribution < -0.4 is 16.0 Å². The van der Waals surface area contributed by atoms with E-state index >= 15 is 0 Å². The van der Waals surface area contributed by atoms with Crippen LogP contribution in [-0.4, -0.2) is 27.7 Å². The fraction of sp³-hybridized carbons (Fsp3) is 0.118. The van der Waals surface area contributed by atoms with Crippen LogP contribution in [0.15, 0.2) is 52.1 Å². The van der Waals surface area contributed by atoms with Gasteiger partial charge in [-0.3, -0.25) is 9.36 Å². The molecule has 0 fully saturated rings. The Hall–Kier alpha value is -3.35. The van der Waals surface area contributed by atoms with Crippen molar-refractivity contribution in [2.24, 2.45) is 0 Å². The van der Waals surface area contributed by atoms with Crippen molar-refractivity contribution in [3.05, 3.63) is 74.4 Å². The number of para-hydroxylation sites is 1. The standard InChI is InChI=1S/C17H14N2O5/c1-24-14-5-3-2-4-11(14)9-19-15(20)12-7-6-10(16(21)22)8-13(12)18-17(19)23/h2-8H,9H2,1H3,(H,18,23)(H,21,22). The number of rotatable bonds is 4. The second-order valence-electron chi connectivity index (χ2n) is 5.20. The van der Waals surface area contributed by atoms with E-state index in [0.29, 0.717) is 11.3 Å². The van der Waals surface area contributed by atoms with E-state index in [1.165, 1.54) is 25.3 Å². The zero-order chi connectivity index (χ0) is 17.3. The Kier molecular flexibility index (Phi) is 3.91. The van der Waals surface area contributed by atoms with Crippen LogP contribution in [0.2, 0.25) is 0 Å². The maximum Gasteiger partial charge on any atom is 0.335 e. The number of carbonyl (C=O) groups is 1. The molecule has 1 heterocycles. The van der Waals surface area contributed by atoms with Crippen molar-refractivity contribution in [2.45, 2.75) is 6.54 Å². The molecule has 0 saturated carbocycles. The maximum atomic E-state index is 12.6. The molecule has 7 nitrogen and oxygen atoms in total. The number of hydrogen-bond donors (Lipinski definition) is 2. The summed E-state index contributed by atoms with van der Waals surface area (Å²) in [6.07, 6.45) is 0. The van der Waals surface area contributed by atoms with Crippen LogP contribution >= 0.6 is 0 Å². The third-order valence-electron chi connectivity index (χ3n) is 3.75. The Morgan fingerprint density at radius 2 is 1.96 bits per heavy atom. The molecule has 0 bridgehead atoms. The van der Waals surface area contributed by atoms with E-state index in [1.54, 1.807) is 24.3 Å². The molecule has 0 aliphatic heterocycles. The summed E-state index contributed by atoms with van der Waals surface area (Å²) in [6.45, 7) is 0.0504. The van der Waals surface area contributed by atoms with Gasteiger partial charge in [-0.15, -0.1) is 0 Å². The van der Waals surface area contributed by atoms with Crippen molar-refractivity contribution in [3.63, 3.8) is 0 Å². The first-order chi connectivity index (χ1) is 11.5. The summed E-state index contributed by atoms with van der Waals surface area (Å²) >= 11 is 0. The van der Waals surface area contributed by atoms with Crippen molar-refractivity contribution in [1.82, 2.24) is 9.55 Å². The second kappa shape index (κ2) is 6.04. The highest BCUT2D eigenvalue weighted by Gasteiger charge is 2.12. The summed E-state index contributed by atoms with van der Waals surface area (Å²) in [4.78, 5) is 38.4. The zero-order valence-electron chi connectivity index (χ0n) is 12.8. The molecule has 0 saturated heterocycles. The summed E-state index contributed by atoms with van der Waals surface area (Å²) in [6, 6.07) is 11.1. The lowest BCUT2D eigenvalue weighted by molar-refractivity contribution is 0.0697. The monoisotopic (exact) mass is 326 g/mol. The van der Waals surface area contributed by atoms with Gasteiger partial charge in [-0.05, 0) is 24.3 Å². The average molecular weight is 326 g/mol. The third kappa shape index (κ3) is 2.67. The lowest BCUT2D eigenvalue weighted by Gasteiger charge is -2.10. The van der Waals surface area contributed by atoms with Crippen LogP contribution in [0.5, 0.6) is 5.75 Å². The van der Waals surface area contributed by atoms with Crippen LogP contribution in [0.25, 0.3) is 10.9 Å². The van der Waals surface area contributed by atoms with E-state index < -0.39 is 17.2 Å². The molecular weight excluding hydrogens is 312 g/mol. The number of H-pyrrole nitrogens is 1. The smallest absolute Gasteiger partial charge is 0.335 e. The summed E-state index contributed by atoms with van der Waals surface area (Å²) in [5.41, 5.74) is -0.215. The number of carboxylic acid groups (broad SMARTS) is 1. The van der Waals surface area contributed by atoms with Gasteiger partial charge in [-0.2, -0.15) is 0 Å². The normalized spacial score (nSPS) is 10.7. The summed E-state index contributed by atoms with van der Waals surface area (Å²) < 4.78 is 6.29. The number of ether oxygens (including phenoxy) is 1. The zero-order valence-corrected chi connectivity index (χ0v) is 12.8. The summed E-state index contributed by atoms with van der Waals surface area (Å²) in [7, 11) is 1.51. The Labute approximate surface area is 135 Å². The molecule has 3 rings (SSSR count). The molecule has 7 heteroatoms. The van der Waals surface area contributed by atoms with Crippen LogP contribution in [0.1, 0.15) is 15.9 Å². The van der Waals surface area contributed by atoms with Gasteiger partial charge in [0.05, 0.1) is 30.1 Å². The number of methoxy groups -OCH3 is 1. The van der Waals surface area contributed by atoms with Gasteiger partial charge in [0.2, 0.25) is 0 Å². The molecule has 122 valence electrons. The third-order valence-corrected chi connectivity index (χ3v) is 3.75. The predicted octanol–water partition coefficient (Wildman–Crippen LogP) is 1.44. The van der Waals surface area contributed by atoms with Crippen molar-refractivity contribution in [1.29, 1.82) is 0 Å². The molecule has 24 heavy (non-hydrogen) atoms. The van der Waals surface area contributed by atoms with Crippen molar-refractivity contribution < 1.29 is 14.6 Å². The van der Waals surface area contributed by atoms with Crippen LogP contribution in [0.4, 0.5) is 0 Å². The number of benzene rings is 2. The topological polar surface area (TPSA) is 101 Å². The Morgan fingerprint density at radius 1 is 1.21 bits per heavy atom. The van der Waals surface area contributed by atoms with Gasteiger partial charge in [-0.25, -0.2) is 9.59 Å². The van der Waals surface area contributed by atoms with E-state index in [4.69, 9.17) is 9.84 Å². The molecule has 0 spiro atoms. The maximum absolute atomic E-state index is 12.6. The van der Waals surface area contributed by atoms with Crippen molar-refractivity contribution in [3.8, 4) is 5.75 Å². The average Bonchev–Trinajstić information content (AvgIpc) is 2.58. The number of hydrogen-bond acceptors (Lipinski definition) is 4. The highest BCUT2D eigenvalue weighted by Crippen LogP contribution is 2.17. The van der Waals surface area contributed by atoms with Gasteiger partial charge < -0.3 is 14.8 Å². The number of fused-ring (bicyclic) bond motifs is 1. The summed E-state index contributed by atoms with van der Waals surface area (Å²) in [5, 5.41) is 9.25. The number of aromatic nitrogens is 2. The highest BCUT2D eigenvalue weighted by atomic mass is 16.5. The van der Waals surface area contributed by atoms with Gasteiger partial charge in [0, 0.05) is 5.56 Å². The second-order valence-corrected chi connectivity index (χ2v) is 5.20. The van der Waals surface area contributed by atoms with Gasteiger partial charge in [0.25, 0.3) is 5.56 Å². The Morgan fingerprint density at radius 3 is 2.67 bits per heavy atom. The first-order valence-corrected chi connectivity index (χ1v) is 7.13. The Bertz CT molecular complexity index is 1050. The number of nitrogens with one attached hydrogen (secondary N) is 1. The molecule has 1 aromatic heterocycles. The van der Waals surface area contributed by atoms with E-state index in [2.05, 4.69) is 4.98 Å². The largest absolute Gasteiger partial charge is 0.496 e. The number of carboxylic acids is 1. The van der Waals surface area contributed by atoms with E-state index in [0.717, 1.165) is 4.57 Å². The van der Waals surface area contributed by atoms with Gasteiger partial charge in [0.1, 0.15) is 5.75 Å². The minimum absolute atomic E-state index is 0.0000265.